The Morgan fingerprint density at radius 1 is 1.77 bits per heavy atom. The Morgan fingerprint density at radius 3 is 3.08 bits per heavy atom. The second-order valence-electron chi connectivity index (χ2n) is 3.06. The van der Waals surface area contributed by atoms with Crippen LogP contribution >= 0.6 is 11.3 Å². The summed E-state index contributed by atoms with van der Waals surface area (Å²) < 4.78 is 5.30. The SMILES string of the molecule is O=C(O)c1csc(OCC2CC2)n1. The number of hydrogen-bond donors (Lipinski definition) is 1. The van der Waals surface area contributed by atoms with E-state index in [0.717, 1.165) is 0 Å². The van der Waals surface area contributed by atoms with Crippen molar-refractivity contribution in [3.05, 3.63) is 11.1 Å². The van der Waals surface area contributed by atoms with Crippen LogP contribution in [0.3, 0.4) is 0 Å². The van der Waals surface area contributed by atoms with Gasteiger partial charge in [0.15, 0.2) is 5.69 Å². The molecule has 5 heteroatoms. The minimum Gasteiger partial charge on any atom is -0.476 e. The standard InChI is InChI=1S/C8H9NO3S/c10-7(11)6-4-13-8(9-6)12-3-5-1-2-5/h4-5H,1-3H2,(H,10,11). The zero-order valence-corrected chi connectivity index (χ0v) is 7.71. The molecule has 1 heterocycles. The molecule has 0 atom stereocenters. The summed E-state index contributed by atoms with van der Waals surface area (Å²) in [5.41, 5.74) is 0.0656. The van der Waals surface area contributed by atoms with E-state index in [-0.39, 0.29) is 5.69 Å². The van der Waals surface area contributed by atoms with Crippen molar-refractivity contribution in [2.45, 2.75) is 12.8 Å². The number of aromatic carboxylic acids is 1. The maximum atomic E-state index is 10.5. The van der Waals surface area contributed by atoms with E-state index in [2.05, 4.69) is 4.98 Å². The minimum absolute atomic E-state index is 0.0656. The quantitative estimate of drug-likeness (QED) is 0.800. The molecule has 1 saturated carbocycles. The predicted octanol–water partition coefficient (Wildman–Crippen LogP) is 1.63. The summed E-state index contributed by atoms with van der Waals surface area (Å²) in [5, 5.41) is 10.5. The van der Waals surface area contributed by atoms with Gasteiger partial charge in [0.05, 0.1) is 6.61 Å². The second-order valence-corrected chi connectivity index (χ2v) is 3.88. The van der Waals surface area contributed by atoms with Crippen molar-refractivity contribution >= 4 is 17.3 Å². The average molecular weight is 199 g/mol. The van der Waals surface area contributed by atoms with Crippen molar-refractivity contribution in [2.75, 3.05) is 6.61 Å². The number of hydrogen-bond acceptors (Lipinski definition) is 4. The zero-order valence-electron chi connectivity index (χ0n) is 6.90. The van der Waals surface area contributed by atoms with E-state index in [1.165, 1.54) is 29.6 Å². The van der Waals surface area contributed by atoms with Crippen LogP contribution in [0, 0.1) is 5.92 Å². The third-order valence-electron chi connectivity index (χ3n) is 1.84. The Morgan fingerprint density at radius 2 is 2.54 bits per heavy atom. The van der Waals surface area contributed by atoms with Crippen LogP contribution in [0.15, 0.2) is 5.38 Å². The van der Waals surface area contributed by atoms with E-state index < -0.39 is 5.97 Å². The van der Waals surface area contributed by atoms with Crippen molar-refractivity contribution < 1.29 is 14.6 Å². The van der Waals surface area contributed by atoms with Gasteiger partial charge in [-0.2, -0.15) is 4.98 Å². The maximum Gasteiger partial charge on any atom is 0.355 e. The van der Waals surface area contributed by atoms with Gasteiger partial charge in [-0.05, 0) is 18.8 Å². The summed E-state index contributed by atoms with van der Waals surface area (Å²) in [4.78, 5) is 14.3. The van der Waals surface area contributed by atoms with Gasteiger partial charge >= 0.3 is 5.97 Å². The lowest BCUT2D eigenvalue weighted by Crippen LogP contribution is -2.00. The van der Waals surface area contributed by atoms with Crippen molar-refractivity contribution in [3.63, 3.8) is 0 Å². The Kier molecular flexibility index (Phi) is 2.18. The van der Waals surface area contributed by atoms with E-state index in [9.17, 15) is 4.79 Å². The van der Waals surface area contributed by atoms with Gasteiger partial charge in [0.1, 0.15) is 0 Å². The third kappa shape index (κ3) is 2.18. The maximum absolute atomic E-state index is 10.5. The molecular weight excluding hydrogens is 190 g/mol. The van der Waals surface area contributed by atoms with Crippen molar-refractivity contribution in [3.8, 4) is 5.19 Å². The predicted molar refractivity (Wildman–Crippen MR) is 47.3 cm³/mol. The molecule has 1 N–H and O–H groups in total. The number of carboxylic acid groups (broad SMARTS) is 1. The van der Waals surface area contributed by atoms with Gasteiger partial charge < -0.3 is 9.84 Å². The van der Waals surface area contributed by atoms with E-state index in [1.807, 2.05) is 0 Å². The summed E-state index contributed by atoms with van der Waals surface area (Å²) in [6.07, 6.45) is 2.44. The van der Waals surface area contributed by atoms with Crippen molar-refractivity contribution in [1.29, 1.82) is 0 Å². The Bertz CT molecular complexity index is 319. The molecule has 0 aromatic carbocycles. The molecule has 4 nitrogen and oxygen atoms in total. The van der Waals surface area contributed by atoms with Gasteiger partial charge in [-0.15, -0.1) is 0 Å². The first kappa shape index (κ1) is 8.50. The van der Waals surface area contributed by atoms with Gasteiger partial charge in [-0.1, -0.05) is 11.3 Å². The fraction of sp³-hybridized carbons (Fsp3) is 0.500. The number of nitrogens with zero attached hydrogens (tertiary/aromatic N) is 1. The van der Waals surface area contributed by atoms with Crippen LogP contribution in [0.25, 0.3) is 0 Å². The first-order valence-electron chi connectivity index (χ1n) is 4.07. The van der Waals surface area contributed by atoms with Crippen molar-refractivity contribution in [1.82, 2.24) is 4.98 Å². The highest BCUT2D eigenvalue weighted by Crippen LogP contribution is 2.30. The van der Waals surface area contributed by atoms with Gasteiger partial charge in [0, 0.05) is 5.38 Å². The van der Waals surface area contributed by atoms with E-state index >= 15 is 0 Å². The van der Waals surface area contributed by atoms with Gasteiger partial charge in [-0.3, -0.25) is 0 Å². The summed E-state index contributed by atoms with van der Waals surface area (Å²) in [6.45, 7) is 0.673. The molecule has 0 saturated heterocycles. The lowest BCUT2D eigenvalue weighted by atomic mass is 10.5. The highest BCUT2D eigenvalue weighted by atomic mass is 32.1. The largest absolute Gasteiger partial charge is 0.476 e. The number of rotatable bonds is 4. The molecule has 1 aromatic heterocycles. The number of carbonyl (C=O) groups is 1. The number of aromatic nitrogens is 1. The highest BCUT2D eigenvalue weighted by molar-refractivity contribution is 7.11. The van der Waals surface area contributed by atoms with Gasteiger partial charge in [-0.25, -0.2) is 4.79 Å². The van der Waals surface area contributed by atoms with E-state index in [0.29, 0.717) is 17.7 Å². The highest BCUT2D eigenvalue weighted by Gasteiger charge is 2.22. The number of carboxylic acids is 1. The third-order valence-corrected chi connectivity index (χ3v) is 2.59. The Balaban J connectivity index is 1.92. The van der Waals surface area contributed by atoms with E-state index in [4.69, 9.17) is 9.84 Å². The molecule has 1 fully saturated rings. The topological polar surface area (TPSA) is 59.4 Å². The molecule has 1 aliphatic rings. The molecule has 0 bridgehead atoms. The molecule has 70 valence electrons. The summed E-state index contributed by atoms with van der Waals surface area (Å²) in [5.74, 6) is -0.338. The Hall–Kier alpha value is -1.10. The molecule has 1 aromatic rings. The summed E-state index contributed by atoms with van der Waals surface area (Å²) >= 11 is 1.23. The molecule has 0 amide bonds. The zero-order chi connectivity index (χ0) is 9.26. The van der Waals surface area contributed by atoms with Crippen LogP contribution in [-0.2, 0) is 0 Å². The van der Waals surface area contributed by atoms with Crippen LogP contribution in [0.2, 0.25) is 0 Å². The van der Waals surface area contributed by atoms with Crippen LogP contribution < -0.4 is 4.74 Å². The monoisotopic (exact) mass is 199 g/mol. The average Bonchev–Trinajstić information content (AvgIpc) is 2.79. The summed E-state index contributed by atoms with van der Waals surface area (Å²) in [6, 6.07) is 0. The Labute approximate surface area is 79.2 Å². The fourth-order valence-corrected chi connectivity index (χ4v) is 1.55. The lowest BCUT2D eigenvalue weighted by Gasteiger charge is -1.97. The molecule has 1 aliphatic carbocycles. The molecule has 0 radical (unpaired) electrons. The molecule has 0 aliphatic heterocycles. The second kappa shape index (κ2) is 3.33. The molecular formula is C8H9NO3S. The minimum atomic E-state index is -1.00. The molecule has 0 unspecified atom stereocenters. The molecule has 13 heavy (non-hydrogen) atoms. The number of thiazole rings is 1. The molecule has 2 rings (SSSR count). The normalized spacial score (nSPS) is 15.7. The lowest BCUT2D eigenvalue weighted by molar-refractivity contribution is 0.0690. The summed E-state index contributed by atoms with van der Waals surface area (Å²) in [7, 11) is 0. The van der Waals surface area contributed by atoms with E-state index in [1.54, 1.807) is 0 Å². The molecule has 0 spiro atoms. The van der Waals surface area contributed by atoms with Gasteiger partial charge in [0.2, 0.25) is 0 Å². The van der Waals surface area contributed by atoms with Gasteiger partial charge in [0.25, 0.3) is 5.19 Å². The first-order chi connectivity index (χ1) is 6.25. The fourth-order valence-electron chi connectivity index (χ4n) is 0.895. The number of ether oxygens (including phenoxy) is 1. The van der Waals surface area contributed by atoms with Crippen LogP contribution in [0.1, 0.15) is 23.3 Å². The first-order valence-corrected chi connectivity index (χ1v) is 4.95. The smallest absolute Gasteiger partial charge is 0.355 e. The van der Waals surface area contributed by atoms with Crippen LogP contribution in [-0.4, -0.2) is 22.7 Å². The van der Waals surface area contributed by atoms with Crippen LogP contribution in [0.4, 0.5) is 0 Å². The van der Waals surface area contributed by atoms with Crippen molar-refractivity contribution in [2.24, 2.45) is 5.92 Å². The van der Waals surface area contributed by atoms with Crippen LogP contribution in [0.5, 0.6) is 5.19 Å².